The van der Waals surface area contributed by atoms with Crippen LogP contribution in [0.4, 0.5) is 13.2 Å². The Morgan fingerprint density at radius 1 is 1.04 bits per heavy atom. The zero-order valence-electron chi connectivity index (χ0n) is 14.9. The summed E-state index contributed by atoms with van der Waals surface area (Å²) < 4.78 is 44.0. The topological polar surface area (TPSA) is 12.5 Å². The fourth-order valence-electron chi connectivity index (χ4n) is 3.08. The first-order valence-electron chi connectivity index (χ1n) is 8.98. The highest BCUT2D eigenvalue weighted by atomic mass is 19.4. The molecule has 2 aromatic carbocycles. The maximum absolute atomic E-state index is 12.7. The molecular weight excluding hydrogens is 339 g/mol. The maximum atomic E-state index is 12.7. The first-order valence-corrected chi connectivity index (χ1v) is 8.98. The van der Waals surface area contributed by atoms with Gasteiger partial charge in [-0.25, -0.2) is 0 Å². The summed E-state index contributed by atoms with van der Waals surface area (Å²) in [7, 11) is 2.08. The number of hydrogen-bond donors (Lipinski definition) is 0. The highest BCUT2D eigenvalue weighted by molar-refractivity contribution is 5.29. The van der Waals surface area contributed by atoms with Crippen LogP contribution in [0.2, 0.25) is 0 Å². The Hall–Kier alpha value is -2.01. The van der Waals surface area contributed by atoms with Crippen LogP contribution in [0.15, 0.2) is 54.6 Å². The lowest BCUT2D eigenvalue weighted by Crippen LogP contribution is -2.27. The zero-order chi connectivity index (χ0) is 18.6. The van der Waals surface area contributed by atoms with E-state index in [0.717, 1.165) is 44.5 Å². The lowest BCUT2D eigenvalue weighted by atomic mass is 10.1. The monoisotopic (exact) mass is 363 g/mol. The van der Waals surface area contributed by atoms with Crippen molar-refractivity contribution in [3.63, 3.8) is 0 Å². The van der Waals surface area contributed by atoms with Crippen molar-refractivity contribution in [3.05, 3.63) is 65.7 Å². The molecule has 0 aliphatic heterocycles. The van der Waals surface area contributed by atoms with Gasteiger partial charge in [-0.1, -0.05) is 30.3 Å². The van der Waals surface area contributed by atoms with Crippen LogP contribution < -0.4 is 4.74 Å². The van der Waals surface area contributed by atoms with Crippen LogP contribution in [0.3, 0.4) is 0 Å². The molecule has 0 radical (unpaired) electrons. The van der Waals surface area contributed by atoms with Gasteiger partial charge in [0.25, 0.3) is 0 Å². The van der Waals surface area contributed by atoms with Gasteiger partial charge in [0.2, 0.25) is 0 Å². The molecule has 1 fully saturated rings. The van der Waals surface area contributed by atoms with E-state index in [2.05, 4.69) is 24.1 Å². The van der Waals surface area contributed by atoms with E-state index in [1.807, 2.05) is 18.2 Å². The molecule has 0 spiro atoms. The second-order valence-corrected chi connectivity index (χ2v) is 7.03. The summed E-state index contributed by atoms with van der Waals surface area (Å²) in [5, 5.41) is 0. The summed E-state index contributed by atoms with van der Waals surface area (Å²) in [5.74, 6) is 1.03. The minimum Gasteiger partial charge on any atom is -0.490 e. The second kappa shape index (κ2) is 8.12. The van der Waals surface area contributed by atoms with Crippen LogP contribution in [0.5, 0.6) is 5.75 Å². The quantitative estimate of drug-likeness (QED) is 0.624. The van der Waals surface area contributed by atoms with Gasteiger partial charge in [-0.3, -0.25) is 0 Å². The van der Waals surface area contributed by atoms with Gasteiger partial charge in [0.15, 0.2) is 0 Å². The van der Waals surface area contributed by atoms with Crippen LogP contribution in [0.25, 0.3) is 0 Å². The lowest BCUT2D eigenvalue weighted by Gasteiger charge is -2.23. The number of hydrogen-bond acceptors (Lipinski definition) is 2. The molecule has 0 N–H and O–H groups in total. The van der Waals surface area contributed by atoms with Crippen molar-refractivity contribution in [3.8, 4) is 5.75 Å². The Bertz CT molecular complexity index is 681. The number of ether oxygens (including phenoxy) is 1. The minimum atomic E-state index is -4.31. The molecule has 1 aliphatic rings. The molecule has 2 nitrogen and oxygen atoms in total. The van der Waals surface area contributed by atoms with Crippen molar-refractivity contribution >= 4 is 0 Å². The van der Waals surface area contributed by atoms with Crippen LogP contribution >= 0.6 is 0 Å². The molecule has 26 heavy (non-hydrogen) atoms. The fourth-order valence-corrected chi connectivity index (χ4v) is 3.08. The zero-order valence-corrected chi connectivity index (χ0v) is 14.9. The predicted molar refractivity (Wildman–Crippen MR) is 96.0 cm³/mol. The number of benzene rings is 2. The SMILES string of the molecule is CN(CCC(Oc1ccc(C(F)(F)F)cc1)C1CC1)Cc1ccccc1. The van der Waals surface area contributed by atoms with Crippen molar-refractivity contribution in [2.24, 2.45) is 5.92 Å². The smallest absolute Gasteiger partial charge is 0.416 e. The van der Waals surface area contributed by atoms with Crippen molar-refractivity contribution in [2.75, 3.05) is 13.6 Å². The second-order valence-electron chi connectivity index (χ2n) is 7.03. The lowest BCUT2D eigenvalue weighted by molar-refractivity contribution is -0.137. The third-order valence-electron chi connectivity index (χ3n) is 4.71. The van der Waals surface area contributed by atoms with E-state index in [9.17, 15) is 13.2 Å². The van der Waals surface area contributed by atoms with Crippen LogP contribution in [-0.2, 0) is 12.7 Å². The van der Waals surface area contributed by atoms with Gasteiger partial charge in [-0.05, 0) is 62.1 Å². The molecule has 0 amide bonds. The van der Waals surface area contributed by atoms with E-state index >= 15 is 0 Å². The first kappa shape index (κ1) is 18.8. The van der Waals surface area contributed by atoms with Gasteiger partial charge in [-0.2, -0.15) is 13.2 Å². The predicted octanol–water partition coefficient (Wildman–Crippen LogP) is 5.38. The highest BCUT2D eigenvalue weighted by Gasteiger charge is 2.33. The molecule has 1 unspecified atom stereocenters. The normalized spacial score (nSPS) is 15.9. The molecular formula is C21H24F3NO. The van der Waals surface area contributed by atoms with Gasteiger partial charge >= 0.3 is 6.18 Å². The summed E-state index contributed by atoms with van der Waals surface area (Å²) in [6.45, 7) is 1.76. The van der Waals surface area contributed by atoms with Crippen molar-refractivity contribution in [2.45, 2.75) is 38.1 Å². The summed E-state index contributed by atoms with van der Waals surface area (Å²) in [6, 6.07) is 15.3. The van der Waals surface area contributed by atoms with Crippen LogP contribution in [0, 0.1) is 5.92 Å². The largest absolute Gasteiger partial charge is 0.490 e. The Kier molecular flexibility index (Phi) is 5.87. The number of alkyl halides is 3. The molecule has 2 aromatic rings. The average molecular weight is 363 g/mol. The van der Waals surface area contributed by atoms with Crippen LogP contribution in [0.1, 0.15) is 30.4 Å². The molecule has 0 bridgehead atoms. The van der Waals surface area contributed by atoms with Gasteiger partial charge in [0.1, 0.15) is 11.9 Å². The Labute approximate surface area is 152 Å². The van der Waals surface area contributed by atoms with Crippen molar-refractivity contribution in [1.29, 1.82) is 0 Å². The third-order valence-corrected chi connectivity index (χ3v) is 4.71. The maximum Gasteiger partial charge on any atom is 0.416 e. The van der Waals surface area contributed by atoms with E-state index in [1.54, 1.807) is 0 Å². The average Bonchev–Trinajstić information content (AvgIpc) is 3.44. The molecule has 1 saturated carbocycles. The number of halogens is 3. The molecule has 1 aliphatic carbocycles. The number of rotatable bonds is 8. The van der Waals surface area contributed by atoms with Gasteiger partial charge in [0, 0.05) is 13.1 Å². The summed E-state index contributed by atoms with van der Waals surface area (Å²) in [6.07, 6.45) is -1.12. The summed E-state index contributed by atoms with van der Waals surface area (Å²) >= 11 is 0. The van der Waals surface area contributed by atoms with Crippen molar-refractivity contribution in [1.82, 2.24) is 4.90 Å². The molecule has 0 saturated heterocycles. The highest BCUT2D eigenvalue weighted by Crippen LogP contribution is 2.37. The van der Waals surface area contributed by atoms with E-state index in [1.165, 1.54) is 17.7 Å². The molecule has 0 aromatic heterocycles. The Morgan fingerprint density at radius 2 is 1.69 bits per heavy atom. The Morgan fingerprint density at radius 3 is 2.27 bits per heavy atom. The fraction of sp³-hybridized carbons (Fsp3) is 0.429. The van der Waals surface area contributed by atoms with Gasteiger partial charge in [0.05, 0.1) is 5.56 Å². The Balaban J connectivity index is 1.53. The molecule has 3 rings (SSSR count). The molecule has 5 heteroatoms. The van der Waals surface area contributed by atoms with Gasteiger partial charge in [-0.15, -0.1) is 0 Å². The molecule has 1 atom stereocenters. The van der Waals surface area contributed by atoms with Crippen molar-refractivity contribution < 1.29 is 17.9 Å². The van der Waals surface area contributed by atoms with E-state index in [0.29, 0.717) is 11.7 Å². The molecule has 0 heterocycles. The van der Waals surface area contributed by atoms with E-state index < -0.39 is 11.7 Å². The number of nitrogens with zero attached hydrogens (tertiary/aromatic N) is 1. The summed E-state index contributed by atoms with van der Waals surface area (Å²) in [4.78, 5) is 2.25. The van der Waals surface area contributed by atoms with Gasteiger partial charge < -0.3 is 9.64 Å². The van der Waals surface area contributed by atoms with E-state index in [4.69, 9.17) is 4.74 Å². The van der Waals surface area contributed by atoms with E-state index in [-0.39, 0.29) is 6.10 Å². The minimum absolute atomic E-state index is 0.0601. The first-order chi connectivity index (χ1) is 12.4. The third kappa shape index (κ3) is 5.49. The standard InChI is InChI=1S/C21H24F3NO/c1-25(15-16-5-3-2-4-6-16)14-13-20(17-7-8-17)26-19-11-9-18(10-12-19)21(22,23)24/h2-6,9-12,17,20H,7-8,13-15H2,1H3. The molecule has 140 valence electrons. The van der Waals surface area contributed by atoms with Crippen LogP contribution in [-0.4, -0.2) is 24.6 Å². The summed E-state index contributed by atoms with van der Waals surface area (Å²) in [5.41, 5.74) is 0.622.